The van der Waals surface area contributed by atoms with Crippen molar-refractivity contribution < 1.29 is 10.2 Å². The quantitative estimate of drug-likeness (QED) is 0.416. The number of aliphatic hydroxyl groups excluding tert-OH is 2. The summed E-state index contributed by atoms with van der Waals surface area (Å²) >= 11 is 1.58. The highest BCUT2D eigenvalue weighted by Gasteiger charge is 2.14. The molecular weight excluding hydrogens is 188 g/mol. The maximum Gasteiger partial charge on any atom is 0.0550 e. The first kappa shape index (κ1) is 13.2. The Kier molecular flexibility index (Phi) is 8.90. The molecule has 2 unspecified atom stereocenters. The lowest BCUT2D eigenvalue weighted by molar-refractivity contribution is 0.282. The summed E-state index contributed by atoms with van der Waals surface area (Å²) < 4.78 is 0. The zero-order valence-electron chi connectivity index (χ0n) is 7.85. The van der Waals surface area contributed by atoms with Crippen molar-refractivity contribution in [1.82, 2.24) is 0 Å². The van der Waals surface area contributed by atoms with Gasteiger partial charge in [-0.3, -0.25) is 0 Å². The third-order valence-corrected chi connectivity index (χ3v) is 3.31. The smallest absolute Gasteiger partial charge is 0.0550 e. The molecule has 0 aliphatic heterocycles. The molecule has 5 heteroatoms. The van der Waals surface area contributed by atoms with Gasteiger partial charge in [0.15, 0.2) is 0 Å². The van der Waals surface area contributed by atoms with Crippen LogP contribution in [0.1, 0.15) is 12.8 Å². The lowest BCUT2D eigenvalue weighted by Crippen LogP contribution is -2.22. The Morgan fingerprint density at radius 1 is 0.923 bits per heavy atom. The van der Waals surface area contributed by atoms with E-state index in [1.54, 1.807) is 11.8 Å². The SMILES string of the molecule is NCCC(CO)SC(CO)CCN. The second-order valence-corrected chi connectivity index (χ2v) is 4.51. The van der Waals surface area contributed by atoms with Crippen molar-refractivity contribution in [2.45, 2.75) is 23.3 Å². The Labute approximate surface area is 83.7 Å². The van der Waals surface area contributed by atoms with Gasteiger partial charge in [0.25, 0.3) is 0 Å². The van der Waals surface area contributed by atoms with Crippen LogP contribution in [0.4, 0.5) is 0 Å². The molecule has 0 aliphatic carbocycles. The number of hydrogen-bond acceptors (Lipinski definition) is 5. The molecule has 13 heavy (non-hydrogen) atoms. The van der Waals surface area contributed by atoms with Gasteiger partial charge in [-0.2, -0.15) is 11.8 Å². The van der Waals surface area contributed by atoms with Crippen LogP contribution >= 0.6 is 11.8 Å². The summed E-state index contributed by atoms with van der Waals surface area (Å²) in [6.07, 6.45) is 1.56. The van der Waals surface area contributed by atoms with Crippen LogP contribution in [0.15, 0.2) is 0 Å². The molecule has 0 aromatic carbocycles. The molecule has 0 bridgehead atoms. The molecule has 0 aliphatic rings. The van der Waals surface area contributed by atoms with Crippen LogP contribution in [-0.2, 0) is 0 Å². The fourth-order valence-electron chi connectivity index (χ4n) is 1.05. The fraction of sp³-hybridized carbons (Fsp3) is 1.00. The second kappa shape index (κ2) is 8.77. The Balaban J connectivity index is 3.73. The average molecular weight is 208 g/mol. The summed E-state index contributed by atoms with van der Waals surface area (Å²) in [6.45, 7) is 1.36. The Morgan fingerprint density at radius 3 is 1.54 bits per heavy atom. The molecule has 0 radical (unpaired) electrons. The van der Waals surface area contributed by atoms with E-state index in [1.807, 2.05) is 0 Å². The molecule has 0 saturated carbocycles. The van der Waals surface area contributed by atoms with Gasteiger partial charge in [-0.25, -0.2) is 0 Å². The van der Waals surface area contributed by atoms with Crippen LogP contribution in [-0.4, -0.2) is 47.0 Å². The fourth-order valence-corrected chi connectivity index (χ4v) is 2.31. The molecule has 0 heterocycles. The Morgan fingerprint density at radius 2 is 1.31 bits per heavy atom. The van der Waals surface area contributed by atoms with Gasteiger partial charge in [-0.15, -0.1) is 0 Å². The number of aliphatic hydroxyl groups is 2. The molecule has 0 fully saturated rings. The van der Waals surface area contributed by atoms with E-state index < -0.39 is 0 Å². The van der Waals surface area contributed by atoms with Crippen LogP contribution in [0, 0.1) is 0 Å². The Bertz CT molecular complexity index is 104. The van der Waals surface area contributed by atoms with Crippen LogP contribution in [0.5, 0.6) is 0 Å². The summed E-state index contributed by atoms with van der Waals surface area (Å²) in [7, 11) is 0. The molecule has 2 atom stereocenters. The minimum atomic E-state index is 0.114. The van der Waals surface area contributed by atoms with Gasteiger partial charge in [0, 0.05) is 10.5 Å². The molecule has 0 amide bonds. The summed E-state index contributed by atoms with van der Waals surface area (Å²) in [5, 5.41) is 18.2. The van der Waals surface area contributed by atoms with Crippen molar-refractivity contribution in [2.75, 3.05) is 26.3 Å². The molecular formula is C8H20N2O2S. The maximum atomic E-state index is 8.98. The van der Waals surface area contributed by atoms with Gasteiger partial charge in [-0.05, 0) is 25.9 Å². The van der Waals surface area contributed by atoms with E-state index in [-0.39, 0.29) is 23.7 Å². The van der Waals surface area contributed by atoms with Crippen molar-refractivity contribution in [3.8, 4) is 0 Å². The van der Waals surface area contributed by atoms with E-state index in [0.29, 0.717) is 13.1 Å². The summed E-state index contributed by atoms with van der Waals surface area (Å²) in [5.74, 6) is 0. The van der Waals surface area contributed by atoms with Gasteiger partial charge in [-0.1, -0.05) is 0 Å². The van der Waals surface area contributed by atoms with Gasteiger partial charge in [0.1, 0.15) is 0 Å². The predicted octanol–water partition coefficient (Wildman–Crippen LogP) is -0.861. The van der Waals surface area contributed by atoms with Gasteiger partial charge in [0.2, 0.25) is 0 Å². The molecule has 0 aromatic rings. The number of hydrogen-bond donors (Lipinski definition) is 4. The third kappa shape index (κ3) is 6.29. The molecule has 0 aromatic heterocycles. The summed E-state index contributed by atoms with van der Waals surface area (Å²) in [6, 6.07) is 0. The predicted molar refractivity (Wildman–Crippen MR) is 56.7 cm³/mol. The van der Waals surface area contributed by atoms with Crippen molar-refractivity contribution in [1.29, 1.82) is 0 Å². The number of nitrogens with two attached hydrogens (primary N) is 2. The first-order valence-electron chi connectivity index (χ1n) is 4.55. The summed E-state index contributed by atoms with van der Waals surface area (Å²) in [4.78, 5) is 0. The largest absolute Gasteiger partial charge is 0.395 e. The molecule has 0 spiro atoms. The van der Waals surface area contributed by atoms with E-state index in [1.165, 1.54) is 0 Å². The highest BCUT2D eigenvalue weighted by Crippen LogP contribution is 2.21. The standard InChI is InChI=1S/C8H20N2O2S/c9-3-1-7(5-11)13-8(6-12)2-4-10/h7-8,11-12H,1-6,9-10H2. The maximum absolute atomic E-state index is 8.98. The molecule has 6 N–H and O–H groups in total. The minimum absolute atomic E-state index is 0.114. The molecule has 0 saturated heterocycles. The topological polar surface area (TPSA) is 92.5 Å². The van der Waals surface area contributed by atoms with E-state index in [2.05, 4.69) is 0 Å². The van der Waals surface area contributed by atoms with Crippen LogP contribution in [0.3, 0.4) is 0 Å². The summed E-state index contributed by atoms with van der Waals surface area (Å²) in [5.41, 5.74) is 10.8. The van der Waals surface area contributed by atoms with Crippen molar-refractivity contribution in [2.24, 2.45) is 11.5 Å². The van der Waals surface area contributed by atoms with Gasteiger partial charge in [0.05, 0.1) is 13.2 Å². The minimum Gasteiger partial charge on any atom is -0.395 e. The number of thioether (sulfide) groups is 1. The number of rotatable bonds is 8. The zero-order valence-corrected chi connectivity index (χ0v) is 8.67. The first-order valence-corrected chi connectivity index (χ1v) is 5.50. The van der Waals surface area contributed by atoms with Crippen LogP contribution in [0.25, 0.3) is 0 Å². The first-order chi connectivity index (χ1) is 6.28. The lowest BCUT2D eigenvalue weighted by Gasteiger charge is -2.19. The highest BCUT2D eigenvalue weighted by atomic mass is 32.2. The van der Waals surface area contributed by atoms with Crippen molar-refractivity contribution in [3.05, 3.63) is 0 Å². The van der Waals surface area contributed by atoms with Gasteiger partial charge >= 0.3 is 0 Å². The van der Waals surface area contributed by atoms with E-state index in [0.717, 1.165) is 12.8 Å². The Hall–Kier alpha value is 0.190. The normalized spacial score (nSPS) is 15.7. The molecule has 0 rings (SSSR count). The zero-order chi connectivity index (χ0) is 10.1. The second-order valence-electron chi connectivity index (χ2n) is 2.90. The molecule has 80 valence electrons. The molecule has 4 nitrogen and oxygen atoms in total. The van der Waals surface area contributed by atoms with Crippen molar-refractivity contribution in [3.63, 3.8) is 0 Å². The van der Waals surface area contributed by atoms with E-state index in [4.69, 9.17) is 21.7 Å². The van der Waals surface area contributed by atoms with Crippen LogP contribution in [0.2, 0.25) is 0 Å². The van der Waals surface area contributed by atoms with E-state index >= 15 is 0 Å². The third-order valence-electron chi connectivity index (χ3n) is 1.77. The monoisotopic (exact) mass is 208 g/mol. The highest BCUT2D eigenvalue weighted by molar-refractivity contribution is 8.00. The van der Waals surface area contributed by atoms with E-state index in [9.17, 15) is 0 Å². The van der Waals surface area contributed by atoms with Crippen molar-refractivity contribution >= 4 is 11.8 Å². The van der Waals surface area contributed by atoms with Crippen LogP contribution < -0.4 is 11.5 Å². The average Bonchev–Trinajstić information content (AvgIpc) is 2.16. The lowest BCUT2D eigenvalue weighted by atomic mass is 10.3. The van der Waals surface area contributed by atoms with Gasteiger partial charge < -0.3 is 21.7 Å².